The molecule has 2 aromatic rings. The van der Waals surface area contributed by atoms with Crippen LogP contribution in [-0.4, -0.2) is 21.2 Å². The standard InChI is InChI=1S/C13H18N4/c1-9(2)11(14)8-12-15-13(17-16-12)10-6-4-3-5-7-10/h3-7,9,11H,8,14H2,1-2H3,(H,15,16,17). The largest absolute Gasteiger partial charge is 0.327 e. The van der Waals surface area contributed by atoms with Crippen LogP contribution in [0.15, 0.2) is 30.3 Å². The predicted molar refractivity (Wildman–Crippen MR) is 68.3 cm³/mol. The first-order chi connectivity index (χ1) is 8.16. The zero-order valence-corrected chi connectivity index (χ0v) is 10.2. The number of aromatic nitrogens is 3. The van der Waals surface area contributed by atoms with Gasteiger partial charge in [-0.25, -0.2) is 4.98 Å². The van der Waals surface area contributed by atoms with Crippen LogP contribution >= 0.6 is 0 Å². The van der Waals surface area contributed by atoms with Gasteiger partial charge in [0, 0.05) is 18.0 Å². The van der Waals surface area contributed by atoms with Crippen molar-refractivity contribution in [2.24, 2.45) is 11.7 Å². The number of nitrogens with two attached hydrogens (primary N) is 1. The third kappa shape index (κ3) is 2.91. The second-order valence-electron chi connectivity index (χ2n) is 4.58. The van der Waals surface area contributed by atoms with Gasteiger partial charge in [0.25, 0.3) is 0 Å². The molecule has 90 valence electrons. The molecule has 17 heavy (non-hydrogen) atoms. The van der Waals surface area contributed by atoms with Gasteiger partial charge in [-0.05, 0) is 5.92 Å². The van der Waals surface area contributed by atoms with E-state index in [1.807, 2.05) is 30.3 Å². The Kier molecular flexibility index (Phi) is 3.54. The van der Waals surface area contributed by atoms with Crippen LogP contribution in [0.2, 0.25) is 0 Å². The quantitative estimate of drug-likeness (QED) is 0.844. The molecule has 1 heterocycles. The summed E-state index contributed by atoms with van der Waals surface area (Å²) in [5.74, 6) is 2.03. The van der Waals surface area contributed by atoms with E-state index in [-0.39, 0.29) is 6.04 Å². The van der Waals surface area contributed by atoms with E-state index in [0.717, 1.165) is 23.6 Å². The molecule has 4 nitrogen and oxygen atoms in total. The second-order valence-corrected chi connectivity index (χ2v) is 4.58. The third-order valence-corrected chi connectivity index (χ3v) is 2.85. The van der Waals surface area contributed by atoms with Crippen LogP contribution in [0.25, 0.3) is 11.4 Å². The van der Waals surface area contributed by atoms with Crippen molar-refractivity contribution in [1.82, 2.24) is 15.2 Å². The molecule has 0 aliphatic carbocycles. The molecule has 1 atom stereocenters. The topological polar surface area (TPSA) is 67.6 Å². The number of H-pyrrole nitrogens is 1. The smallest absolute Gasteiger partial charge is 0.181 e. The lowest BCUT2D eigenvalue weighted by molar-refractivity contribution is 0.482. The van der Waals surface area contributed by atoms with Crippen LogP contribution in [-0.2, 0) is 6.42 Å². The number of aromatic amines is 1. The molecule has 1 unspecified atom stereocenters. The Morgan fingerprint density at radius 2 is 1.94 bits per heavy atom. The van der Waals surface area contributed by atoms with Crippen molar-refractivity contribution in [3.8, 4) is 11.4 Å². The Morgan fingerprint density at radius 1 is 1.24 bits per heavy atom. The van der Waals surface area contributed by atoms with E-state index in [1.54, 1.807) is 0 Å². The summed E-state index contributed by atoms with van der Waals surface area (Å²) in [6.07, 6.45) is 0.734. The zero-order valence-electron chi connectivity index (χ0n) is 10.2. The Labute approximate surface area is 101 Å². The van der Waals surface area contributed by atoms with Crippen LogP contribution < -0.4 is 5.73 Å². The van der Waals surface area contributed by atoms with Crippen LogP contribution in [0, 0.1) is 5.92 Å². The molecule has 2 rings (SSSR count). The molecule has 3 N–H and O–H groups in total. The van der Waals surface area contributed by atoms with Crippen LogP contribution in [0.1, 0.15) is 19.7 Å². The van der Waals surface area contributed by atoms with Gasteiger partial charge in [0.2, 0.25) is 0 Å². The Hall–Kier alpha value is -1.68. The maximum atomic E-state index is 6.01. The molecule has 0 bridgehead atoms. The van der Waals surface area contributed by atoms with E-state index in [0.29, 0.717) is 5.92 Å². The zero-order chi connectivity index (χ0) is 12.3. The highest BCUT2D eigenvalue weighted by molar-refractivity contribution is 5.53. The van der Waals surface area contributed by atoms with Gasteiger partial charge >= 0.3 is 0 Å². The highest BCUT2D eigenvalue weighted by Gasteiger charge is 2.12. The van der Waals surface area contributed by atoms with Gasteiger partial charge in [-0.2, -0.15) is 5.10 Å². The third-order valence-electron chi connectivity index (χ3n) is 2.85. The van der Waals surface area contributed by atoms with Gasteiger partial charge in [0.1, 0.15) is 5.82 Å². The molecular weight excluding hydrogens is 212 g/mol. The first-order valence-electron chi connectivity index (χ1n) is 5.89. The van der Waals surface area contributed by atoms with E-state index >= 15 is 0 Å². The van der Waals surface area contributed by atoms with Crippen molar-refractivity contribution in [2.45, 2.75) is 26.3 Å². The second kappa shape index (κ2) is 5.10. The maximum absolute atomic E-state index is 6.01. The van der Waals surface area contributed by atoms with Crippen LogP contribution in [0.4, 0.5) is 0 Å². The summed E-state index contributed by atoms with van der Waals surface area (Å²) in [6, 6.07) is 10.0. The van der Waals surface area contributed by atoms with Gasteiger partial charge in [-0.1, -0.05) is 44.2 Å². The summed E-state index contributed by atoms with van der Waals surface area (Å²) in [7, 11) is 0. The molecule has 0 aliphatic rings. The number of rotatable bonds is 4. The summed E-state index contributed by atoms with van der Waals surface area (Å²) in [6.45, 7) is 4.22. The van der Waals surface area contributed by atoms with Gasteiger partial charge in [-0.3, -0.25) is 5.10 Å². The summed E-state index contributed by atoms with van der Waals surface area (Å²) in [4.78, 5) is 4.46. The lowest BCUT2D eigenvalue weighted by Gasteiger charge is -2.12. The Balaban J connectivity index is 2.12. The molecule has 0 radical (unpaired) electrons. The molecular formula is C13H18N4. The number of nitrogens with zero attached hydrogens (tertiary/aromatic N) is 2. The van der Waals surface area contributed by atoms with Crippen molar-refractivity contribution < 1.29 is 0 Å². The summed E-state index contributed by atoms with van der Waals surface area (Å²) in [5.41, 5.74) is 7.03. The summed E-state index contributed by atoms with van der Waals surface area (Å²) < 4.78 is 0. The molecule has 1 aromatic heterocycles. The summed E-state index contributed by atoms with van der Waals surface area (Å²) >= 11 is 0. The highest BCUT2D eigenvalue weighted by atomic mass is 15.2. The normalized spacial score (nSPS) is 12.9. The van der Waals surface area contributed by atoms with E-state index in [9.17, 15) is 0 Å². The minimum Gasteiger partial charge on any atom is -0.327 e. The van der Waals surface area contributed by atoms with Crippen molar-refractivity contribution in [3.05, 3.63) is 36.2 Å². The van der Waals surface area contributed by atoms with Gasteiger partial charge < -0.3 is 5.73 Å². The number of benzene rings is 1. The Morgan fingerprint density at radius 3 is 2.59 bits per heavy atom. The van der Waals surface area contributed by atoms with E-state index in [4.69, 9.17) is 5.73 Å². The van der Waals surface area contributed by atoms with E-state index < -0.39 is 0 Å². The van der Waals surface area contributed by atoms with Crippen molar-refractivity contribution >= 4 is 0 Å². The average molecular weight is 230 g/mol. The Bertz CT molecular complexity index is 461. The first-order valence-corrected chi connectivity index (χ1v) is 5.89. The predicted octanol–water partition coefficient (Wildman–Crippen LogP) is 2.00. The number of hydrogen-bond acceptors (Lipinski definition) is 3. The molecule has 0 amide bonds. The fourth-order valence-electron chi connectivity index (χ4n) is 1.56. The maximum Gasteiger partial charge on any atom is 0.181 e. The van der Waals surface area contributed by atoms with Crippen molar-refractivity contribution in [1.29, 1.82) is 0 Å². The average Bonchev–Trinajstić information content (AvgIpc) is 2.78. The summed E-state index contributed by atoms with van der Waals surface area (Å²) in [5, 5.41) is 7.16. The van der Waals surface area contributed by atoms with Gasteiger partial charge in [-0.15, -0.1) is 0 Å². The minimum absolute atomic E-state index is 0.117. The van der Waals surface area contributed by atoms with E-state index in [2.05, 4.69) is 29.0 Å². The lowest BCUT2D eigenvalue weighted by atomic mass is 10.0. The van der Waals surface area contributed by atoms with Crippen molar-refractivity contribution in [2.75, 3.05) is 0 Å². The van der Waals surface area contributed by atoms with Gasteiger partial charge in [0.05, 0.1) is 0 Å². The van der Waals surface area contributed by atoms with Crippen molar-refractivity contribution in [3.63, 3.8) is 0 Å². The molecule has 4 heteroatoms. The molecule has 0 saturated heterocycles. The first kappa shape index (κ1) is 11.8. The lowest BCUT2D eigenvalue weighted by Crippen LogP contribution is -2.29. The fourth-order valence-corrected chi connectivity index (χ4v) is 1.56. The van der Waals surface area contributed by atoms with Crippen LogP contribution in [0.3, 0.4) is 0 Å². The van der Waals surface area contributed by atoms with E-state index in [1.165, 1.54) is 0 Å². The molecule has 0 aliphatic heterocycles. The molecule has 0 fully saturated rings. The molecule has 0 saturated carbocycles. The molecule has 1 aromatic carbocycles. The number of hydrogen-bond donors (Lipinski definition) is 2. The number of nitrogens with one attached hydrogen (secondary N) is 1. The molecule has 0 spiro atoms. The minimum atomic E-state index is 0.117. The van der Waals surface area contributed by atoms with Crippen LogP contribution in [0.5, 0.6) is 0 Å². The fraction of sp³-hybridized carbons (Fsp3) is 0.385. The monoisotopic (exact) mass is 230 g/mol. The SMILES string of the molecule is CC(C)C(N)Cc1nc(-c2ccccc2)n[nH]1. The van der Waals surface area contributed by atoms with Gasteiger partial charge in [0.15, 0.2) is 5.82 Å². The highest BCUT2D eigenvalue weighted by Crippen LogP contribution is 2.14.